The van der Waals surface area contributed by atoms with Crippen molar-refractivity contribution >= 4 is 39.0 Å². The van der Waals surface area contributed by atoms with Gasteiger partial charge in [-0.2, -0.15) is 0 Å². The van der Waals surface area contributed by atoms with Gasteiger partial charge in [-0.3, -0.25) is 24.6 Å². The minimum atomic E-state index is -0.906. The quantitative estimate of drug-likeness (QED) is 0.352. The fraction of sp³-hybridized carbons (Fsp3) is 0.0952. The molecule has 1 atom stereocenters. The van der Waals surface area contributed by atoms with Crippen LogP contribution in [0.4, 0.5) is 10.8 Å². The first-order valence-corrected chi connectivity index (χ1v) is 9.99. The number of fused-ring (bicyclic) bond motifs is 2. The molecule has 154 valence electrons. The topological polar surface area (TPSA) is 116 Å². The Morgan fingerprint density at radius 3 is 2.77 bits per heavy atom. The Hall–Kier alpha value is -4.05. The summed E-state index contributed by atoms with van der Waals surface area (Å²) >= 11 is 1.22. The van der Waals surface area contributed by atoms with Gasteiger partial charge in [-0.15, -0.1) is 11.3 Å². The molecular formula is C21H13N3O6S. The van der Waals surface area contributed by atoms with Gasteiger partial charge in [0.25, 0.3) is 11.6 Å². The van der Waals surface area contributed by atoms with E-state index in [1.54, 1.807) is 29.6 Å². The lowest BCUT2D eigenvalue weighted by atomic mass is 9.98. The third kappa shape index (κ3) is 2.88. The Morgan fingerprint density at radius 1 is 1.23 bits per heavy atom. The van der Waals surface area contributed by atoms with E-state index in [-0.39, 0.29) is 33.4 Å². The second kappa shape index (κ2) is 7.03. The number of nitro benzene ring substituents is 1. The second-order valence-corrected chi connectivity index (χ2v) is 7.65. The predicted molar refractivity (Wildman–Crippen MR) is 113 cm³/mol. The number of nitro groups is 1. The van der Waals surface area contributed by atoms with Crippen molar-refractivity contribution in [3.8, 4) is 5.75 Å². The Balaban J connectivity index is 1.81. The molecule has 4 aromatic rings. The van der Waals surface area contributed by atoms with Gasteiger partial charge in [0.1, 0.15) is 11.3 Å². The van der Waals surface area contributed by atoms with Crippen molar-refractivity contribution in [2.24, 2.45) is 0 Å². The largest absolute Gasteiger partial charge is 0.497 e. The minimum absolute atomic E-state index is 0.113. The fourth-order valence-corrected chi connectivity index (χ4v) is 4.40. The molecule has 3 heterocycles. The highest BCUT2D eigenvalue weighted by Crippen LogP contribution is 2.42. The molecule has 2 aromatic carbocycles. The van der Waals surface area contributed by atoms with Gasteiger partial charge in [-0.1, -0.05) is 12.1 Å². The smallest absolute Gasteiger partial charge is 0.297 e. The molecule has 0 bridgehead atoms. The molecule has 1 aliphatic heterocycles. The van der Waals surface area contributed by atoms with Gasteiger partial charge in [0.15, 0.2) is 10.6 Å². The summed E-state index contributed by atoms with van der Waals surface area (Å²) < 4.78 is 11.1. The number of rotatable bonds is 4. The molecule has 0 saturated carbocycles. The molecular weight excluding hydrogens is 422 g/mol. The summed E-state index contributed by atoms with van der Waals surface area (Å²) in [7, 11) is 1.49. The SMILES string of the molecule is COc1ccc2c(=O)c3c(oc2c1)C(=O)N(c1nccs1)C3c1cccc([N+](=O)[O-])c1. The molecule has 9 nitrogen and oxygen atoms in total. The van der Waals surface area contributed by atoms with Gasteiger partial charge in [0, 0.05) is 29.8 Å². The minimum Gasteiger partial charge on any atom is -0.497 e. The van der Waals surface area contributed by atoms with Gasteiger partial charge >= 0.3 is 0 Å². The molecule has 0 saturated heterocycles. The predicted octanol–water partition coefficient (Wildman–Crippen LogP) is 3.92. The lowest BCUT2D eigenvalue weighted by Gasteiger charge is -2.22. The Bertz CT molecular complexity index is 1410. The summed E-state index contributed by atoms with van der Waals surface area (Å²) in [6, 6.07) is 9.69. The number of hydrogen-bond donors (Lipinski definition) is 0. The number of carbonyl (C=O) groups excluding carboxylic acids is 1. The van der Waals surface area contributed by atoms with Crippen LogP contribution in [0.1, 0.15) is 27.7 Å². The molecule has 1 unspecified atom stereocenters. The zero-order valence-corrected chi connectivity index (χ0v) is 16.8. The lowest BCUT2D eigenvalue weighted by Crippen LogP contribution is -2.29. The summed E-state index contributed by atoms with van der Waals surface area (Å²) in [5.74, 6) is -0.172. The third-order valence-corrected chi connectivity index (χ3v) is 5.87. The number of nitrogens with zero attached hydrogens (tertiary/aromatic N) is 3. The molecule has 0 spiro atoms. The van der Waals surface area contributed by atoms with Crippen LogP contribution in [0.25, 0.3) is 11.0 Å². The average molecular weight is 435 g/mol. The van der Waals surface area contributed by atoms with Crippen LogP contribution < -0.4 is 15.1 Å². The molecule has 5 rings (SSSR count). The van der Waals surface area contributed by atoms with Crippen LogP contribution in [0.2, 0.25) is 0 Å². The van der Waals surface area contributed by atoms with Crippen LogP contribution in [0.5, 0.6) is 5.75 Å². The van der Waals surface area contributed by atoms with Crippen molar-refractivity contribution in [3.05, 3.63) is 91.3 Å². The summed E-state index contributed by atoms with van der Waals surface area (Å²) in [5, 5.41) is 13.7. The number of aromatic nitrogens is 1. The van der Waals surface area contributed by atoms with Crippen LogP contribution in [0, 0.1) is 10.1 Å². The maximum atomic E-state index is 13.5. The van der Waals surface area contributed by atoms with Crippen LogP contribution in [-0.2, 0) is 0 Å². The molecule has 1 aliphatic rings. The number of methoxy groups -OCH3 is 1. The maximum absolute atomic E-state index is 13.5. The van der Waals surface area contributed by atoms with E-state index >= 15 is 0 Å². The number of hydrogen-bond acceptors (Lipinski definition) is 8. The van der Waals surface area contributed by atoms with Crippen molar-refractivity contribution in [1.82, 2.24) is 4.98 Å². The van der Waals surface area contributed by atoms with Gasteiger partial charge in [0.2, 0.25) is 5.76 Å². The molecule has 0 fully saturated rings. The summed E-state index contributed by atoms with van der Waals surface area (Å²) in [5.41, 5.74) is 0.223. The third-order valence-electron chi connectivity index (χ3n) is 5.10. The van der Waals surface area contributed by atoms with Crippen molar-refractivity contribution in [3.63, 3.8) is 0 Å². The molecule has 2 aromatic heterocycles. The van der Waals surface area contributed by atoms with Gasteiger partial charge < -0.3 is 9.15 Å². The first kappa shape index (κ1) is 18.9. The number of amides is 1. The van der Waals surface area contributed by atoms with Crippen molar-refractivity contribution in [2.75, 3.05) is 12.0 Å². The molecule has 0 aliphatic carbocycles. The van der Waals surface area contributed by atoms with Crippen molar-refractivity contribution in [1.29, 1.82) is 0 Å². The van der Waals surface area contributed by atoms with E-state index < -0.39 is 16.9 Å². The molecule has 1 amide bonds. The standard InChI is InChI=1S/C21H13N3O6S/c1-29-13-5-6-14-15(10-13)30-19-16(18(14)25)17(11-3-2-4-12(9-11)24(27)28)23(20(19)26)21-22-7-8-31-21/h2-10,17H,1H3. The number of ether oxygens (including phenoxy) is 1. The number of non-ortho nitro benzene ring substituents is 1. The Kier molecular flexibility index (Phi) is 4.29. The summed E-state index contributed by atoms with van der Waals surface area (Å²) in [6.45, 7) is 0. The van der Waals surface area contributed by atoms with Crippen LogP contribution >= 0.6 is 11.3 Å². The van der Waals surface area contributed by atoms with Crippen LogP contribution in [0.3, 0.4) is 0 Å². The fourth-order valence-electron chi connectivity index (χ4n) is 3.73. The zero-order valence-electron chi connectivity index (χ0n) is 16.0. The summed E-state index contributed by atoms with van der Waals surface area (Å²) in [4.78, 5) is 43.1. The molecule has 0 N–H and O–H groups in total. The number of benzene rings is 2. The van der Waals surface area contributed by atoms with E-state index in [1.165, 1.54) is 47.7 Å². The van der Waals surface area contributed by atoms with E-state index in [9.17, 15) is 19.7 Å². The van der Waals surface area contributed by atoms with E-state index in [0.29, 0.717) is 16.4 Å². The highest BCUT2D eigenvalue weighted by atomic mass is 32.1. The van der Waals surface area contributed by atoms with E-state index in [0.717, 1.165) is 0 Å². The van der Waals surface area contributed by atoms with E-state index in [1.807, 2.05) is 0 Å². The van der Waals surface area contributed by atoms with Gasteiger partial charge in [-0.25, -0.2) is 4.98 Å². The van der Waals surface area contributed by atoms with Gasteiger partial charge in [0.05, 0.1) is 29.0 Å². The van der Waals surface area contributed by atoms with E-state index in [2.05, 4.69) is 4.98 Å². The highest BCUT2D eigenvalue weighted by Gasteiger charge is 2.45. The van der Waals surface area contributed by atoms with Crippen LogP contribution in [-0.4, -0.2) is 22.9 Å². The maximum Gasteiger partial charge on any atom is 0.297 e. The highest BCUT2D eigenvalue weighted by molar-refractivity contribution is 7.13. The monoisotopic (exact) mass is 435 g/mol. The van der Waals surface area contributed by atoms with Crippen molar-refractivity contribution < 1.29 is 18.9 Å². The van der Waals surface area contributed by atoms with Crippen LogP contribution in [0.15, 0.2) is 63.3 Å². The average Bonchev–Trinajstić information content (AvgIpc) is 3.40. The Morgan fingerprint density at radius 2 is 2.06 bits per heavy atom. The number of thiazole rings is 1. The molecule has 10 heteroatoms. The number of anilines is 1. The Labute approximate surface area is 178 Å². The lowest BCUT2D eigenvalue weighted by molar-refractivity contribution is -0.384. The first-order chi connectivity index (χ1) is 15.0. The zero-order chi connectivity index (χ0) is 21.7. The molecule has 0 radical (unpaired) electrons. The van der Waals surface area contributed by atoms with Gasteiger partial charge in [-0.05, 0) is 17.7 Å². The van der Waals surface area contributed by atoms with E-state index in [4.69, 9.17) is 9.15 Å². The first-order valence-electron chi connectivity index (χ1n) is 9.11. The number of carbonyl (C=O) groups is 1. The molecule has 31 heavy (non-hydrogen) atoms. The normalized spacial score (nSPS) is 15.3. The van der Waals surface area contributed by atoms with Crippen molar-refractivity contribution in [2.45, 2.75) is 6.04 Å². The second-order valence-electron chi connectivity index (χ2n) is 6.78. The summed E-state index contributed by atoms with van der Waals surface area (Å²) in [6.07, 6.45) is 1.54.